The molecule has 0 radical (unpaired) electrons. The maximum Gasteiger partial charge on any atom is 0.328 e. The van der Waals surface area contributed by atoms with E-state index in [1.165, 1.54) is 7.11 Å². The van der Waals surface area contributed by atoms with Crippen molar-refractivity contribution in [2.75, 3.05) is 7.11 Å². The molecule has 0 aliphatic heterocycles. The molecule has 122 valence electrons. The Morgan fingerprint density at radius 1 is 1.26 bits per heavy atom. The number of rotatable bonds is 7. The van der Waals surface area contributed by atoms with Gasteiger partial charge in [-0.2, -0.15) is 0 Å². The van der Waals surface area contributed by atoms with Crippen LogP contribution in [0.2, 0.25) is 0 Å². The number of nitrogens with one attached hydrogen (secondary N) is 2. The second-order valence-corrected chi connectivity index (χ2v) is 5.10. The van der Waals surface area contributed by atoms with Crippen LogP contribution in [-0.4, -0.2) is 41.1 Å². The third-order valence-corrected chi connectivity index (χ3v) is 3.49. The van der Waals surface area contributed by atoms with E-state index >= 15 is 0 Å². The number of carboxylic acid groups (broad SMARTS) is 1. The second kappa shape index (κ2) is 7.44. The maximum atomic E-state index is 11.9. The number of fused-ring (bicyclic) bond motifs is 1. The molecule has 0 saturated carbocycles. The van der Waals surface area contributed by atoms with E-state index in [4.69, 9.17) is 9.84 Å². The van der Waals surface area contributed by atoms with Crippen LogP contribution in [0.1, 0.15) is 18.4 Å². The molecule has 1 unspecified atom stereocenters. The number of aliphatic carboxylic acids is 1. The SMILES string of the molecule is COC(=O)C(Cc1c[nH]c2ccccc12)NC(=O)CCC(=O)O. The number of H-pyrrole nitrogens is 1. The Hall–Kier alpha value is -2.83. The number of aromatic amines is 1. The topological polar surface area (TPSA) is 108 Å². The Balaban J connectivity index is 2.11. The predicted octanol–water partition coefficient (Wildman–Crippen LogP) is 1.23. The Morgan fingerprint density at radius 2 is 2.00 bits per heavy atom. The summed E-state index contributed by atoms with van der Waals surface area (Å²) in [5, 5.41) is 12.1. The highest BCUT2D eigenvalue weighted by Gasteiger charge is 2.23. The summed E-state index contributed by atoms with van der Waals surface area (Å²) in [6, 6.07) is 6.76. The number of ether oxygens (including phenoxy) is 1. The summed E-state index contributed by atoms with van der Waals surface area (Å²) < 4.78 is 4.72. The minimum atomic E-state index is -1.06. The normalized spacial score (nSPS) is 11.9. The van der Waals surface area contributed by atoms with E-state index in [1.54, 1.807) is 6.20 Å². The van der Waals surface area contributed by atoms with Crippen molar-refractivity contribution in [3.8, 4) is 0 Å². The lowest BCUT2D eigenvalue weighted by molar-refractivity contribution is -0.145. The summed E-state index contributed by atoms with van der Waals surface area (Å²) >= 11 is 0. The largest absolute Gasteiger partial charge is 0.481 e. The third kappa shape index (κ3) is 4.32. The van der Waals surface area contributed by atoms with Gasteiger partial charge in [-0.15, -0.1) is 0 Å². The van der Waals surface area contributed by atoms with Gasteiger partial charge in [-0.3, -0.25) is 9.59 Å². The number of carbonyl (C=O) groups is 3. The number of amides is 1. The predicted molar refractivity (Wildman–Crippen MR) is 82.8 cm³/mol. The molecule has 0 fully saturated rings. The van der Waals surface area contributed by atoms with Crippen molar-refractivity contribution >= 4 is 28.7 Å². The average molecular weight is 318 g/mol. The smallest absolute Gasteiger partial charge is 0.328 e. The summed E-state index contributed by atoms with van der Waals surface area (Å²) in [6.07, 6.45) is 1.57. The van der Waals surface area contributed by atoms with Gasteiger partial charge in [0.15, 0.2) is 0 Å². The molecule has 1 aromatic heterocycles. The molecule has 7 nitrogen and oxygen atoms in total. The van der Waals surface area contributed by atoms with Crippen LogP contribution in [0.25, 0.3) is 10.9 Å². The van der Waals surface area contributed by atoms with E-state index in [1.807, 2.05) is 24.3 Å². The molecule has 0 saturated heterocycles. The van der Waals surface area contributed by atoms with Gasteiger partial charge in [0.2, 0.25) is 5.91 Å². The molecule has 0 bridgehead atoms. The van der Waals surface area contributed by atoms with Crippen LogP contribution in [0.4, 0.5) is 0 Å². The maximum absolute atomic E-state index is 11.9. The molecule has 1 aromatic carbocycles. The molecule has 23 heavy (non-hydrogen) atoms. The number of esters is 1. The van der Waals surface area contributed by atoms with Crippen LogP contribution in [0.3, 0.4) is 0 Å². The first kappa shape index (κ1) is 16.5. The molecule has 3 N–H and O–H groups in total. The van der Waals surface area contributed by atoms with E-state index in [0.29, 0.717) is 0 Å². The van der Waals surface area contributed by atoms with Crippen LogP contribution >= 0.6 is 0 Å². The van der Waals surface area contributed by atoms with Crippen molar-refractivity contribution in [1.29, 1.82) is 0 Å². The summed E-state index contributed by atoms with van der Waals surface area (Å²) in [4.78, 5) is 37.3. The lowest BCUT2D eigenvalue weighted by atomic mass is 10.0. The fourth-order valence-electron chi connectivity index (χ4n) is 2.34. The average Bonchev–Trinajstić information content (AvgIpc) is 2.95. The number of carboxylic acids is 1. The molecule has 0 aliphatic carbocycles. The lowest BCUT2D eigenvalue weighted by Gasteiger charge is -2.16. The molecular formula is C16H18N2O5. The molecule has 0 spiro atoms. The first-order chi connectivity index (χ1) is 11.0. The number of benzene rings is 1. The number of carbonyl (C=O) groups excluding carboxylic acids is 2. The van der Waals surface area contributed by atoms with Gasteiger partial charge in [-0.25, -0.2) is 4.79 Å². The number of hydrogen-bond acceptors (Lipinski definition) is 4. The van der Waals surface area contributed by atoms with Crippen LogP contribution < -0.4 is 5.32 Å². The zero-order valence-electron chi connectivity index (χ0n) is 12.7. The quantitative estimate of drug-likeness (QED) is 0.665. The Morgan fingerprint density at radius 3 is 2.70 bits per heavy atom. The summed E-state index contributed by atoms with van der Waals surface area (Å²) in [7, 11) is 1.24. The van der Waals surface area contributed by atoms with Crippen molar-refractivity contribution in [2.45, 2.75) is 25.3 Å². The molecule has 0 aliphatic rings. The summed E-state index contributed by atoms with van der Waals surface area (Å²) in [5.41, 5.74) is 1.80. The monoisotopic (exact) mass is 318 g/mol. The first-order valence-corrected chi connectivity index (χ1v) is 7.15. The number of aromatic nitrogens is 1. The van der Waals surface area contributed by atoms with Gasteiger partial charge in [0.05, 0.1) is 13.5 Å². The molecule has 1 heterocycles. The molecule has 2 rings (SSSR count). The van der Waals surface area contributed by atoms with E-state index in [-0.39, 0.29) is 19.3 Å². The third-order valence-electron chi connectivity index (χ3n) is 3.49. The fourth-order valence-corrected chi connectivity index (χ4v) is 2.34. The molecule has 2 aromatic rings. The number of para-hydroxylation sites is 1. The van der Waals surface area contributed by atoms with E-state index in [9.17, 15) is 14.4 Å². The Bertz CT molecular complexity index is 722. The van der Waals surface area contributed by atoms with E-state index in [0.717, 1.165) is 16.5 Å². The van der Waals surface area contributed by atoms with E-state index < -0.39 is 23.9 Å². The summed E-state index contributed by atoms with van der Waals surface area (Å²) in [5.74, 6) is -2.13. The molecule has 7 heteroatoms. The van der Waals surface area contributed by atoms with Crippen molar-refractivity contribution in [3.05, 3.63) is 36.0 Å². The van der Waals surface area contributed by atoms with Gasteiger partial charge >= 0.3 is 11.9 Å². The minimum Gasteiger partial charge on any atom is -0.481 e. The standard InChI is InChI=1S/C16H18N2O5/c1-23-16(22)13(18-14(19)6-7-15(20)21)8-10-9-17-12-5-3-2-4-11(10)12/h2-5,9,13,17H,6-8H2,1H3,(H,18,19)(H,20,21). The summed E-state index contributed by atoms with van der Waals surface area (Å²) in [6.45, 7) is 0. The van der Waals surface area contributed by atoms with Gasteiger partial charge in [-0.05, 0) is 11.6 Å². The van der Waals surface area contributed by atoms with Gasteiger partial charge in [0.25, 0.3) is 0 Å². The van der Waals surface area contributed by atoms with Crippen LogP contribution in [-0.2, 0) is 25.5 Å². The van der Waals surface area contributed by atoms with Crippen molar-refractivity contribution in [2.24, 2.45) is 0 Å². The Kier molecular flexibility index (Phi) is 5.35. The second-order valence-electron chi connectivity index (χ2n) is 5.10. The lowest BCUT2D eigenvalue weighted by Crippen LogP contribution is -2.43. The zero-order chi connectivity index (χ0) is 16.8. The van der Waals surface area contributed by atoms with Crippen molar-refractivity contribution in [3.63, 3.8) is 0 Å². The highest BCUT2D eigenvalue weighted by atomic mass is 16.5. The highest BCUT2D eigenvalue weighted by molar-refractivity contribution is 5.88. The fraction of sp³-hybridized carbons (Fsp3) is 0.312. The van der Waals surface area contributed by atoms with Gasteiger partial charge in [0, 0.05) is 29.9 Å². The van der Waals surface area contributed by atoms with Crippen molar-refractivity contribution in [1.82, 2.24) is 10.3 Å². The van der Waals surface area contributed by atoms with Crippen LogP contribution in [0.5, 0.6) is 0 Å². The number of methoxy groups -OCH3 is 1. The molecule has 1 amide bonds. The Labute approximate surface area is 132 Å². The molecule has 1 atom stereocenters. The van der Waals surface area contributed by atoms with Crippen LogP contribution in [0, 0.1) is 0 Å². The van der Waals surface area contributed by atoms with E-state index in [2.05, 4.69) is 10.3 Å². The van der Waals surface area contributed by atoms with Gasteiger partial charge in [-0.1, -0.05) is 18.2 Å². The zero-order valence-corrected chi connectivity index (χ0v) is 12.7. The van der Waals surface area contributed by atoms with Gasteiger partial charge < -0.3 is 20.1 Å². The van der Waals surface area contributed by atoms with Crippen molar-refractivity contribution < 1.29 is 24.2 Å². The number of hydrogen-bond donors (Lipinski definition) is 3. The molecular weight excluding hydrogens is 300 g/mol. The van der Waals surface area contributed by atoms with Gasteiger partial charge in [0.1, 0.15) is 6.04 Å². The minimum absolute atomic E-state index is 0.184. The highest BCUT2D eigenvalue weighted by Crippen LogP contribution is 2.19. The first-order valence-electron chi connectivity index (χ1n) is 7.15. The van der Waals surface area contributed by atoms with Crippen LogP contribution in [0.15, 0.2) is 30.5 Å².